The van der Waals surface area contributed by atoms with Crippen LogP contribution >= 0.6 is 0 Å². The molecule has 0 unspecified atom stereocenters. The summed E-state index contributed by atoms with van der Waals surface area (Å²) in [4.78, 5) is 13.7. The fourth-order valence-corrected chi connectivity index (χ4v) is 1.51. The summed E-state index contributed by atoms with van der Waals surface area (Å²) < 4.78 is 0. The van der Waals surface area contributed by atoms with Crippen LogP contribution in [0.5, 0.6) is 0 Å². The lowest BCUT2D eigenvalue weighted by Crippen LogP contribution is -2.47. The molecule has 0 aromatic rings. The first-order valence-electron chi connectivity index (χ1n) is 5.51. The lowest BCUT2D eigenvalue weighted by molar-refractivity contribution is -0.134. The van der Waals surface area contributed by atoms with Gasteiger partial charge in [0, 0.05) is 12.6 Å². The zero-order valence-corrected chi connectivity index (χ0v) is 9.44. The average Bonchev–Trinajstić information content (AvgIpc) is 3.00. The van der Waals surface area contributed by atoms with Crippen molar-refractivity contribution in [3.05, 3.63) is 0 Å². The minimum absolute atomic E-state index is 0.00255. The quantitative estimate of drug-likeness (QED) is 0.730. The van der Waals surface area contributed by atoms with Crippen LogP contribution in [0.4, 0.5) is 0 Å². The van der Waals surface area contributed by atoms with Gasteiger partial charge in [0.15, 0.2) is 0 Å². The van der Waals surface area contributed by atoms with Crippen LogP contribution in [-0.2, 0) is 4.79 Å². The van der Waals surface area contributed by atoms with E-state index in [1.165, 1.54) is 0 Å². The van der Waals surface area contributed by atoms with Gasteiger partial charge in [0.1, 0.15) is 0 Å². The maximum absolute atomic E-state index is 12.0. The number of nitrogens with two attached hydrogens (primary N) is 1. The van der Waals surface area contributed by atoms with Crippen LogP contribution in [0.2, 0.25) is 0 Å². The number of rotatable bonds is 5. The minimum atomic E-state index is -0.427. The Morgan fingerprint density at radius 2 is 2.20 bits per heavy atom. The van der Waals surface area contributed by atoms with E-state index in [1.54, 1.807) is 4.90 Å². The van der Waals surface area contributed by atoms with E-state index < -0.39 is 6.04 Å². The number of nitrogens with zero attached hydrogens (tertiary/aromatic N) is 2. The first-order chi connectivity index (χ1) is 7.07. The predicted molar refractivity (Wildman–Crippen MR) is 57.8 cm³/mol. The number of carbonyl (C=O) groups excluding carboxylic acids is 1. The van der Waals surface area contributed by atoms with Crippen molar-refractivity contribution < 1.29 is 4.79 Å². The Morgan fingerprint density at radius 3 is 2.60 bits per heavy atom. The highest BCUT2D eigenvalue weighted by atomic mass is 16.2. The third kappa shape index (κ3) is 3.21. The minimum Gasteiger partial charge on any atom is -0.337 e. The Kier molecular flexibility index (Phi) is 4.10. The Morgan fingerprint density at radius 1 is 1.60 bits per heavy atom. The first-order valence-corrected chi connectivity index (χ1v) is 5.51. The normalized spacial score (nSPS) is 17.3. The molecule has 1 fully saturated rings. The monoisotopic (exact) mass is 209 g/mol. The summed E-state index contributed by atoms with van der Waals surface area (Å²) in [5.74, 6) is 0.156. The smallest absolute Gasteiger partial charge is 0.240 e. The second-order valence-corrected chi connectivity index (χ2v) is 4.44. The number of amides is 1. The summed E-state index contributed by atoms with van der Waals surface area (Å²) in [5.41, 5.74) is 5.82. The molecule has 1 amide bonds. The molecule has 0 spiro atoms. The molecule has 1 atom stereocenters. The summed E-state index contributed by atoms with van der Waals surface area (Å²) >= 11 is 0. The van der Waals surface area contributed by atoms with Gasteiger partial charge in [-0.15, -0.1) is 0 Å². The maximum atomic E-state index is 12.0. The van der Waals surface area contributed by atoms with Crippen molar-refractivity contribution in [2.24, 2.45) is 11.7 Å². The summed E-state index contributed by atoms with van der Waals surface area (Å²) in [6, 6.07) is 1.99. The average molecular weight is 209 g/mol. The zero-order valence-electron chi connectivity index (χ0n) is 9.44. The maximum Gasteiger partial charge on any atom is 0.240 e. The van der Waals surface area contributed by atoms with E-state index in [4.69, 9.17) is 11.0 Å². The SMILES string of the molecule is CC(C)[C@@H](N)C(=O)N(CCC#N)C1CC1. The van der Waals surface area contributed by atoms with E-state index >= 15 is 0 Å². The van der Waals surface area contributed by atoms with Gasteiger partial charge in [-0.3, -0.25) is 4.79 Å². The number of hydrogen-bond donors (Lipinski definition) is 1. The van der Waals surface area contributed by atoms with E-state index in [1.807, 2.05) is 13.8 Å². The summed E-state index contributed by atoms with van der Waals surface area (Å²) in [6.07, 6.45) is 2.51. The first kappa shape index (κ1) is 12.0. The van der Waals surface area contributed by atoms with Gasteiger partial charge in [-0.1, -0.05) is 13.8 Å². The van der Waals surface area contributed by atoms with Gasteiger partial charge >= 0.3 is 0 Å². The van der Waals surface area contributed by atoms with Gasteiger partial charge < -0.3 is 10.6 Å². The van der Waals surface area contributed by atoms with Gasteiger partial charge in [0.25, 0.3) is 0 Å². The zero-order chi connectivity index (χ0) is 11.4. The van der Waals surface area contributed by atoms with E-state index in [0.717, 1.165) is 12.8 Å². The summed E-state index contributed by atoms with van der Waals surface area (Å²) in [5, 5.41) is 8.53. The largest absolute Gasteiger partial charge is 0.337 e. The van der Waals surface area contributed by atoms with Crippen molar-refractivity contribution >= 4 is 5.91 Å². The number of carbonyl (C=O) groups is 1. The molecule has 0 heterocycles. The van der Waals surface area contributed by atoms with E-state index in [2.05, 4.69) is 6.07 Å². The molecule has 0 aromatic carbocycles. The Balaban J connectivity index is 2.55. The molecule has 0 bridgehead atoms. The van der Waals surface area contributed by atoms with Crippen LogP contribution in [0.25, 0.3) is 0 Å². The van der Waals surface area contributed by atoms with Gasteiger partial charge in [-0.25, -0.2) is 0 Å². The number of nitriles is 1. The molecule has 1 rings (SSSR count). The molecule has 1 saturated carbocycles. The molecule has 84 valence electrons. The van der Waals surface area contributed by atoms with Crippen molar-refractivity contribution in [1.29, 1.82) is 5.26 Å². The van der Waals surface area contributed by atoms with Crippen LogP contribution in [0.1, 0.15) is 33.1 Å². The molecule has 4 nitrogen and oxygen atoms in total. The molecule has 1 aliphatic carbocycles. The Bertz CT molecular complexity index is 265. The van der Waals surface area contributed by atoms with Crippen molar-refractivity contribution in [3.63, 3.8) is 0 Å². The van der Waals surface area contributed by atoms with Gasteiger partial charge in [0.2, 0.25) is 5.91 Å². The molecule has 0 radical (unpaired) electrons. The summed E-state index contributed by atoms with van der Waals surface area (Å²) in [7, 11) is 0. The highest BCUT2D eigenvalue weighted by molar-refractivity contribution is 5.82. The Labute approximate surface area is 91.0 Å². The fraction of sp³-hybridized carbons (Fsp3) is 0.818. The second kappa shape index (κ2) is 5.13. The highest BCUT2D eigenvalue weighted by Gasteiger charge is 2.34. The van der Waals surface area contributed by atoms with Crippen molar-refractivity contribution in [1.82, 2.24) is 4.90 Å². The van der Waals surface area contributed by atoms with Crippen molar-refractivity contribution in [2.75, 3.05) is 6.54 Å². The molecular formula is C11H19N3O. The van der Waals surface area contributed by atoms with Crippen LogP contribution in [0.3, 0.4) is 0 Å². The molecule has 15 heavy (non-hydrogen) atoms. The van der Waals surface area contributed by atoms with Crippen LogP contribution in [0, 0.1) is 17.2 Å². The summed E-state index contributed by atoms with van der Waals surface area (Å²) in [6.45, 7) is 4.41. The topological polar surface area (TPSA) is 70.1 Å². The van der Waals surface area contributed by atoms with Crippen LogP contribution in [0.15, 0.2) is 0 Å². The standard InChI is InChI=1S/C11H19N3O/c1-8(2)10(13)11(15)14(7-3-6-12)9-4-5-9/h8-10H,3-5,7,13H2,1-2H3/t10-/m1/s1. The molecule has 0 aliphatic heterocycles. The molecule has 0 saturated heterocycles. The van der Waals surface area contributed by atoms with E-state index in [0.29, 0.717) is 19.0 Å². The van der Waals surface area contributed by atoms with E-state index in [-0.39, 0.29) is 11.8 Å². The Hall–Kier alpha value is -1.08. The lowest BCUT2D eigenvalue weighted by Gasteiger charge is -2.26. The van der Waals surface area contributed by atoms with Crippen molar-refractivity contribution in [3.8, 4) is 6.07 Å². The van der Waals surface area contributed by atoms with Gasteiger partial charge in [-0.2, -0.15) is 5.26 Å². The molecular weight excluding hydrogens is 190 g/mol. The predicted octanol–water partition coefficient (Wildman–Crippen LogP) is 0.874. The third-order valence-electron chi connectivity index (χ3n) is 2.74. The van der Waals surface area contributed by atoms with Gasteiger partial charge in [0.05, 0.1) is 18.5 Å². The van der Waals surface area contributed by atoms with Gasteiger partial charge in [-0.05, 0) is 18.8 Å². The molecule has 2 N–H and O–H groups in total. The number of hydrogen-bond acceptors (Lipinski definition) is 3. The molecule has 4 heteroatoms. The lowest BCUT2D eigenvalue weighted by atomic mass is 10.0. The molecule has 1 aliphatic rings. The van der Waals surface area contributed by atoms with E-state index in [9.17, 15) is 4.79 Å². The van der Waals surface area contributed by atoms with Crippen LogP contribution in [-0.4, -0.2) is 29.4 Å². The highest BCUT2D eigenvalue weighted by Crippen LogP contribution is 2.27. The molecule has 0 aromatic heterocycles. The third-order valence-corrected chi connectivity index (χ3v) is 2.74. The fourth-order valence-electron chi connectivity index (χ4n) is 1.51. The van der Waals surface area contributed by atoms with Crippen molar-refractivity contribution in [2.45, 2.75) is 45.2 Å². The van der Waals surface area contributed by atoms with Crippen LogP contribution < -0.4 is 5.73 Å². The second-order valence-electron chi connectivity index (χ2n) is 4.44.